The minimum Gasteiger partial charge on any atom is -0.497 e. The Hall–Kier alpha value is -4.77. The van der Waals surface area contributed by atoms with Crippen molar-refractivity contribution >= 4 is 27.5 Å². The SMILES string of the molecule is COc1ccc(F)c(-c2ccc(OC)c(S(=O)(=O)Nc3cccc(N(CCOC(N)=O)Cc4ccccc4)c3)c2)c1. The van der Waals surface area contributed by atoms with E-state index in [0.29, 0.717) is 30.1 Å². The van der Waals surface area contributed by atoms with Crippen LogP contribution in [-0.4, -0.2) is 41.9 Å². The van der Waals surface area contributed by atoms with Crippen molar-refractivity contribution in [1.82, 2.24) is 0 Å². The van der Waals surface area contributed by atoms with Crippen LogP contribution in [0.5, 0.6) is 11.5 Å². The van der Waals surface area contributed by atoms with Gasteiger partial charge in [0, 0.05) is 17.8 Å². The molecule has 4 aromatic rings. The van der Waals surface area contributed by atoms with E-state index < -0.39 is 21.9 Å². The molecule has 4 rings (SSSR count). The highest BCUT2D eigenvalue weighted by Gasteiger charge is 2.22. The zero-order valence-electron chi connectivity index (χ0n) is 22.5. The average molecular weight is 580 g/mol. The maximum atomic E-state index is 14.7. The van der Waals surface area contributed by atoms with E-state index in [0.717, 1.165) is 5.56 Å². The Morgan fingerprint density at radius 3 is 2.41 bits per heavy atom. The number of amides is 1. The number of carbonyl (C=O) groups excluding carboxylic acids is 1. The van der Waals surface area contributed by atoms with Crippen molar-refractivity contribution < 1.29 is 31.8 Å². The molecule has 0 bridgehead atoms. The standard InChI is InChI=1S/C30H30FN3O6S/c1-38-25-12-13-27(31)26(19-25)22-11-14-28(39-2)29(17-22)41(36,37)33-23-9-6-10-24(18-23)34(15-16-40-30(32)35)20-21-7-4-3-5-8-21/h3-14,17-19,33H,15-16,20H2,1-2H3,(H2,32,35). The van der Waals surface area contributed by atoms with Crippen molar-refractivity contribution in [1.29, 1.82) is 0 Å². The molecule has 214 valence electrons. The molecule has 1 amide bonds. The number of benzene rings is 4. The Balaban J connectivity index is 1.65. The molecule has 11 heteroatoms. The lowest BCUT2D eigenvalue weighted by Crippen LogP contribution is -2.29. The molecular formula is C30H30FN3O6S. The van der Waals surface area contributed by atoms with Gasteiger partial charge in [-0.3, -0.25) is 4.72 Å². The first-order valence-electron chi connectivity index (χ1n) is 12.6. The van der Waals surface area contributed by atoms with Gasteiger partial charge in [0.25, 0.3) is 10.0 Å². The largest absolute Gasteiger partial charge is 0.497 e. The Morgan fingerprint density at radius 2 is 1.71 bits per heavy atom. The molecule has 0 aliphatic carbocycles. The summed E-state index contributed by atoms with van der Waals surface area (Å²) in [5, 5.41) is 0. The first-order valence-corrected chi connectivity index (χ1v) is 14.0. The van der Waals surface area contributed by atoms with Gasteiger partial charge in [0.2, 0.25) is 0 Å². The second-order valence-electron chi connectivity index (χ2n) is 8.94. The van der Waals surface area contributed by atoms with Crippen LogP contribution in [-0.2, 0) is 21.3 Å². The number of ether oxygens (including phenoxy) is 3. The number of sulfonamides is 1. The minimum atomic E-state index is -4.18. The summed E-state index contributed by atoms with van der Waals surface area (Å²) in [7, 11) is -1.36. The molecule has 0 spiro atoms. The zero-order valence-corrected chi connectivity index (χ0v) is 23.4. The second-order valence-corrected chi connectivity index (χ2v) is 10.6. The number of primary amides is 1. The van der Waals surface area contributed by atoms with Crippen LogP contribution in [0, 0.1) is 5.82 Å². The third-order valence-electron chi connectivity index (χ3n) is 6.22. The van der Waals surface area contributed by atoms with Crippen molar-refractivity contribution in [2.24, 2.45) is 5.73 Å². The molecule has 0 fully saturated rings. The molecule has 41 heavy (non-hydrogen) atoms. The number of hydrogen-bond acceptors (Lipinski definition) is 7. The van der Waals surface area contributed by atoms with E-state index in [4.69, 9.17) is 19.9 Å². The van der Waals surface area contributed by atoms with Crippen LogP contribution in [0.15, 0.2) is 95.9 Å². The van der Waals surface area contributed by atoms with Gasteiger partial charge in [-0.05, 0) is 59.7 Å². The van der Waals surface area contributed by atoms with E-state index >= 15 is 0 Å². The van der Waals surface area contributed by atoms with Gasteiger partial charge in [-0.15, -0.1) is 0 Å². The number of methoxy groups -OCH3 is 2. The summed E-state index contributed by atoms with van der Waals surface area (Å²) in [6.45, 7) is 0.833. The molecule has 3 N–H and O–H groups in total. The number of carbonyl (C=O) groups is 1. The third-order valence-corrected chi connectivity index (χ3v) is 7.63. The monoisotopic (exact) mass is 579 g/mol. The number of nitrogens with two attached hydrogens (primary N) is 1. The van der Waals surface area contributed by atoms with Crippen molar-refractivity contribution in [3.63, 3.8) is 0 Å². The Labute approximate surface area is 238 Å². The molecule has 9 nitrogen and oxygen atoms in total. The first-order chi connectivity index (χ1) is 19.7. The number of rotatable bonds is 12. The maximum absolute atomic E-state index is 14.7. The predicted molar refractivity (Wildman–Crippen MR) is 155 cm³/mol. The summed E-state index contributed by atoms with van der Waals surface area (Å²) in [4.78, 5) is 12.9. The van der Waals surface area contributed by atoms with Crippen LogP contribution < -0.4 is 24.8 Å². The molecule has 0 aliphatic rings. The third kappa shape index (κ3) is 7.46. The van der Waals surface area contributed by atoms with Gasteiger partial charge in [0.15, 0.2) is 0 Å². The zero-order chi connectivity index (χ0) is 29.4. The van der Waals surface area contributed by atoms with Gasteiger partial charge >= 0.3 is 6.09 Å². The van der Waals surface area contributed by atoms with Crippen LogP contribution in [0.25, 0.3) is 11.1 Å². The molecule has 0 aromatic heterocycles. The smallest absolute Gasteiger partial charge is 0.404 e. The molecular weight excluding hydrogens is 549 g/mol. The van der Waals surface area contributed by atoms with E-state index in [1.807, 2.05) is 41.3 Å². The van der Waals surface area contributed by atoms with Gasteiger partial charge < -0.3 is 24.8 Å². The lowest BCUT2D eigenvalue weighted by Gasteiger charge is -2.25. The van der Waals surface area contributed by atoms with Crippen LogP contribution in [0.3, 0.4) is 0 Å². The lowest BCUT2D eigenvalue weighted by molar-refractivity contribution is 0.159. The summed E-state index contributed by atoms with van der Waals surface area (Å²) in [5.41, 5.74) is 7.61. The van der Waals surface area contributed by atoms with E-state index in [-0.39, 0.29) is 28.5 Å². The summed E-state index contributed by atoms with van der Waals surface area (Å²) < 4.78 is 59.9. The van der Waals surface area contributed by atoms with E-state index in [9.17, 15) is 17.6 Å². The first kappa shape index (κ1) is 29.2. The molecule has 0 saturated carbocycles. The molecule has 4 aromatic carbocycles. The fourth-order valence-corrected chi connectivity index (χ4v) is 5.49. The number of anilines is 2. The summed E-state index contributed by atoms with van der Waals surface area (Å²) in [6.07, 6.45) is -0.879. The van der Waals surface area contributed by atoms with Crippen LogP contribution in [0.1, 0.15) is 5.56 Å². The molecule has 0 heterocycles. The van der Waals surface area contributed by atoms with Crippen molar-refractivity contribution in [3.05, 3.63) is 102 Å². The van der Waals surface area contributed by atoms with E-state index in [1.54, 1.807) is 24.3 Å². The van der Waals surface area contributed by atoms with Gasteiger partial charge in [-0.25, -0.2) is 17.6 Å². The minimum absolute atomic E-state index is 0.0446. The van der Waals surface area contributed by atoms with E-state index in [1.165, 1.54) is 44.6 Å². The molecule has 0 atom stereocenters. The molecule has 0 aliphatic heterocycles. The van der Waals surface area contributed by atoms with Crippen LogP contribution >= 0.6 is 0 Å². The lowest BCUT2D eigenvalue weighted by atomic mass is 10.0. The highest BCUT2D eigenvalue weighted by molar-refractivity contribution is 7.92. The Morgan fingerprint density at radius 1 is 0.927 bits per heavy atom. The van der Waals surface area contributed by atoms with Gasteiger partial charge in [0.1, 0.15) is 28.8 Å². The summed E-state index contributed by atoms with van der Waals surface area (Å²) in [5.74, 6) is -0.00772. The highest BCUT2D eigenvalue weighted by Crippen LogP contribution is 2.34. The molecule has 0 unspecified atom stereocenters. The Bertz CT molecular complexity index is 1620. The van der Waals surface area contributed by atoms with Gasteiger partial charge in [0.05, 0.1) is 26.5 Å². The number of nitrogens with zero attached hydrogens (tertiary/aromatic N) is 1. The quantitative estimate of drug-likeness (QED) is 0.230. The average Bonchev–Trinajstić information content (AvgIpc) is 2.97. The molecule has 0 saturated heterocycles. The van der Waals surface area contributed by atoms with Gasteiger partial charge in [-0.2, -0.15) is 0 Å². The second kappa shape index (κ2) is 13.1. The Kier molecular flexibility index (Phi) is 9.30. The number of halogens is 1. The van der Waals surface area contributed by atoms with Crippen LogP contribution in [0.2, 0.25) is 0 Å². The fourth-order valence-electron chi connectivity index (χ4n) is 4.24. The fraction of sp³-hybridized carbons (Fsp3) is 0.167. The summed E-state index contributed by atoms with van der Waals surface area (Å²) in [6, 6.07) is 25.1. The highest BCUT2D eigenvalue weighted by atomic mass is 32.2. The topological polar surface area (TPSA) is 120 Å². The maximum Gasteiger partial charge on any atom is 0.404 e. The summed E-state index contributed by atoms with van der Waals surface area (Å²) >= 11 is 0. The number of hydrogen-bond donors (Lipinski definition) is 2. The van der Waals surface area contributed by atoms with Crippen molar-refractivity contribution in [2.45, 2.75) is 11.4 Å². The van der Waals surface area contributed by atoms with Gasteiger partial charge in [-0.1, -0.05) is 42.5 Å². The van der Waals surface area contributed by atoms with Crippen LogP contribution in [0.4, 0.5) is 20.6 Å². The normalized spacial score (nSPS) is 11.0. The predicted octanol–water partition coefficient (Wildman–Crippen LogP) is 5.41. The van der Waals surface area contributed by atoms with E-state index in [2.05, 4.69) is 4.72 Å². The van der Waals surface area contributed by atoms with Crippen molar-refractivity contribution in [2.75, 3.05) is 37.0 Å². The number of nitrogens with one attached hydrogen (secondary N) is 1. The molecule has 0 radical (unpaired) electrons. The van der Waals surface area contributed by atoms with Crippen molar-refractivity contribution in [3.8, 4) is 22.6 Å².